The Morgan fingerprint density at radius 2 is 2.06 bits per heavy atom. The standard InChI is InChI=1S/C15H26O2/c1-10(2)15(17)12-6-5-11(3)7-8-14(12,4)9-13(15)16/h7,10,12-13,16-17H,5-6,8-9H2,1-4H3/t12-,13+,14+,15-/m0/s1. The average Bonchev–Trinajstić information content (AvgIpc) is 2.35. The molecule has 0 bridgehead atoms. The molecule has 0 heterocycles. The Labute approximate surface area is 105 Å². The van der Waals surface area contributed by atoms with Crippen molar-refractivity contribution in [2.24, 2.45) is 17.3 Å². The number of rotatable bonds is 1. The van der Waals surface area contributed by atoms with E-state index in [2.05, 4.69) is 19.9 Å². The molecule has 0 unspecified atom stereocenters. The van der Waals surface area contributed by atoms with Crippen molar-refractivity contribution >= 4 is 0 Å². The zero-order valence-electron chi connectivity index (χ0n) is 11.5. The number of hydrogen-bond donors (Lipinski definition) is 2. The smallest absolute Gasteiger partial charge is 0.0961 e. The number of allylic oxidation sites excluding steroid dienone is 2. The maximum Gasteiger partial charge on any atom is 0.0961 e. The Hall–Kier alpha value is -0.340. The number of aliphatic hydroxyl groups is 2. The van der Waals surface area contributed by atoms with E-state index in [-0.39, 0.29) is 17.3 Å². The maximum absolute atomic E-state index is 10.9. The fourth-order valence-electron chi connectivity index (χ4n) is 4.01. The van der Waals surface area contributed by atoms with Gasteiger partial charge in [-0.3, -0.25) is 0 Å². The van der Waals surface area contributed by atoms with E-state index >= 15 is 0 Å². The third-order valence-electron chi connectivity index (χ3n) is 5.26. The summed E-state index contributed by atoms with van der Waals surface area (Å²) in [5.74, 6) is 0.335. The molecule has 4 atom stereocenters. The van der Waals surface area contributed by atoms with Crippen molar-refractivity contribution < 1.29 is 10.2 Å². The lowest BCUT2D eigenvalue weighted by molar-refractivity contribution is -0.121. The molecular weight excluding hydrogens is 212 g/mol. The summed E-state index contributed by atoms with van der Waals surface area (Å²) >= 11 is 0. The lowest BCUT2D eigenvalue weighted by atomic mass is 9.69. The fourth-order valence-corrected chi connectivity index (χ4v) is 4.01. The SMILES string of the molecule is CC1=CC[C@]2(C)C[C@@H](O)[C@](O)(C(C)C)[C@H]2CC1. The molecule has 0 spiro atoms. The van der Waals surface area contributed by atoms with Crippen LogP contribution in [0.1, 0.15) is 53.4 Å². The first-order chi connectivity index (χ1) is 7.80. The van der Waals surface area contributed by atoms with Crippen LogP contribution >= 0.6 is 0 Å². The van der Waals surface area contributed by atoms with Gasteiger partial charge in [-0.05, 0) is 49.9 Å². The van der Waals surface area contributed by atoms with Crippen LogP contribution in [0.4, 0.5) is 0 Å². The quantitative estimate of drug-likeness (QED) is 0.690. The van der Waals surface area contributed by atoms with Gasteiger partial charge < -0.3 is 10.2 Å². The molecule has 2 N–H and O–H groups in total. The van der Waals surface area contributed by atoms with Crippen LogP contribution in [0, 0.1) is 17.3 Å². The molecule has 2 nitrogen and oxygen atoms in total. The minimum atomic E-state index is -0.896. The highest BCUT2D eigenvalue weighted by molar-refractivity contribution is 5.16. The molecule has 98 valence electrons. The monoisotopic (exact) mass is 238 g/mol. The lowest BCUT2D eigenvalue weighted by Crippen LogP contribution is -2.49. The molecule has 0 amide bonds. The molecule has 0 aliphatic heterocycles. The minimum absolute atomic E-state index is 0.0657. The normalized spacial score (nSPS) is 46.6. The van der Waals surface area contributed by atoms with Crippen molar-refractivity contribution in [1.82, 2.24) is 0 Å². The molecule has 17 heavy (non-hydrogen) atoms. The summed E-state index contributed by atoms with van der Waals surface area (Å²) < 4.78 is 0. The Bertz CT molecular complexity index is 334. The molecule has 0 aromatic heterocycles. The van der Waals surface area contributed by atoms with Gasteiger partial charge in [0.2, 0.25) is 0 Å². The predicted molar refractivity (Wildman–Crippen MR) is 69.6 cm³/mol. The van der Waals surface area contributed by atoms with Gasteiger partial charge in [0.15, 0.2) is 0 Å². The summed E-state index contributed by atoms with van der Waals surface area (Å²) in [4.78, 5) is 0. The maximum atomic E-state index is 10.9. The van der Waals surface area contributed by atoms with Crippen LogP contribution in [0.3, 0.4) is 0 Å². The fraction of sp³-hybridized carbons (Fsp3) is 0.867. The van der Waals surface area contributed by atoms with Crippen molar-refractivity contribution in [3.05, 3.63) is 11.6 Å². The predicted octanol–water partition coefficient (Wildman–Crippen LogP) is 2.89. The van der Waals surface area contributed by atoms with Gasteiger partial charge in [0.25, 0.3) is 0 Å². The van der Waals surface area contributed by atoms with Crippen molar-refractivity contribution in [3.8, 4) is 0 Å². The second-order valence-electron chi connectivity index (χ2n) is 6.76. The first-order valence-corrected chi connectivity index (χ1v) is 6.87. The highest BCUT2D eigenvalue weighted by Crippen LogP contribution is 2.57. The van der Waals surface area contributed by atoms with Gasteiger partial charge >= 0.3 is 0 Å². The van der Waals surface area contributed by atoms with Gasteiger partial charge in [-0.15, -0.1) is 0 Å². The molecule has 0 aromatic rings. The highest BCUT2D eigenvalue weighted by Gasteiger charge is 2.59. The van der Waals surface area contributed by atoms with Crippen LogP contribution in [0.5, 0.6) is 0 Å². The first-order valence-electron chi connectivity index (χ1n) is 6.87. The molecule has 2 heteroatoms. The summed E-state index contributed by atoms with van der Waals surface area (Å²) in [5.41, 5.74) is 0.602. The van der Waals surface area contributed by atoms with E-state index in [1.807, 2.05) is 13.8 Å². The Balaban J connectivity index is 2.36. The van der Waals surface area contributed by atoms with Crippen molar-refractivity contribution in [3.63, 3.8) is 0 Å². The molecule has 1 fully saturated rings. The second-order valence-corrected chi connectivity index (χ2v) is 6.76. The van der Waals surface area contributed by atoms with Crippen LogP contribution < -0.4 is 0 Å². The third kappa shape index (κ3) is 1.86. The van der Waals surface area contributed by atoms with Crippen molar-refractivity contribution in [2.75, 3.05) is 0 Å². The Morgan fingerprint density at radius 1 is 1.41 bits per heavy atom. The highest BCUT2D eigenvalue weighted by atomic mass is 16.3. The number of fused-ring (bicyclic) bond motifs is 1. The molecular formula is C15H26O2. The van der Waals surface area contributed by atoms with Crippen LogP contribution in [-0.4, -0.2) is 21.9 Å². The summed E-state index contributed by atoms with van der Waals surface area (Å²) in [6, 6.07) is 0. The molecule has 0 saturated heterocycles. The summed E-state index contributed by atoms with van der Waals surface area (Å²) in [7, 11) is 0. The van der Waals surface area contributed by atoms with Gasteiger partial charge in [-0.1, -0.05) is 32.4 Å². The van der Waals surface area contributed by atoms with E-state index in [1.54, 1.807) is 0 Å². The largest absolute Gasteiger partial charge is 0.390 e. The van der Waals surface area contributed by atoms with Gasteiger partial charge in [-0.25, -0.2) is 0 Å². The third-order valence-corrected chi connectivity index (χ3v) is 5.26. The van der Waals surface area contributed by atoms with Crippen LogP contribution in [0.2, 0.25) is 0 Å². The van der Waals surface area contributed by atoms with Crippen LogP contribution in [0.15, 0.2) is 11.6 Å². The summed E-state index contributed by atoms with van der Waals surface area (Å²) in [5, 5.41) is 21.2. The molecule has 2 rings (SSSR count). The van der Waals surface area contributed by atoms with Gasteiger partial charge in [-0.2, -0.15) is 0 Å². The number of aliphatic hydroxyl groups excluding tert-OH is 1. The van der Waals surface area contributed by atoms with E-state index in [9.17, 15) is 10.2 Å². The van der Waals surface area contributed by atoms with Crippen LogP contribution in [0.25, 0.3) is 0 Å². The van der Waals surface area contributed by atoms with Crippen molar-refractivity contribution in [2.45, 2.75) is 65.1 Å². The Morgan fingerprint density at radius 3 is 2.65 bits per heavy atom. The minimum Gasteiger partial charge on any atom is -0.390 e. The second kappa shape index (κ2) is 4.10. The summed E-state index contributed by atoms with van der Waals surface area (Å²) in [6.07, 6.45) is 5.53. The topological polar surface area (TPSA) is 40.5 Å². The first kappa shape index (κ1) is 13.1. The zero-order valence-corrected chi connectivity index (χ0v) is 11.5. The molecule has 2 aliphatic carbocycles. The van der Waals surface area contributed by atoms with E-state index in [1.165, 1.54) is 5.57 Å². The van der Waals surface area contributed by atoms with Gasteiger partial charge in [0.05, 0.1) is 11.7 Å². The van der Waals surface area contributed by atoms with Gasteiger partial charge in [0, 0.05) is 0 Å². The Kier molecular flexibility index (Phi) is 3.16. The molecule has 2 aliphatic rings. The van der Waals surface area contributed by atoms with E-state index in [4.69, 9.17) is 0 Å². The van der Waals surface area contributed by atoms with Crippen LogP contribution in [-0.2, 0) is 0 Å². The van der Waals surface area contributed by atoms with E-state index in [0.29, 0.717) is 0 Å². The molecule has 1 saturated carbocycles. The lowest BCUT2D eigenvalue weighted by Gasteiger charge is -2.40. The average molecular weight is 238 g/mol. The van der Waals surface area contributed by atoms with Gasteiger partial charge in [0.1, 0.15) is 0 Å². The molecule has 0 radical (unpaired) electrons. The van der Waals surface area contributed by atoms with E-state index in [0.717, 1.165) is 25.7 Å². The summed E-state index contributed by atoms with van der Waals surface area (Å²) in [6.45, 7) is 8.46. The van der Waals surface area contributed by atoms with E-state index < -0.39 is 11.7 Å². The van der Waals surface area contributed by atoms with Crippen molar-refractivity contribution in [1.29, 1.82) is 0 Å². The molecule has 0 aromatic carbocycles. The number of hydrogen-bond acceptors (Lipinski definition) is 2. The zero-order chi connectivity index (χ0) is 12.8.